The third kappa shape index (κ3) is 4.57. The van der Waals surface area contributed by atoms with Crippen molar-refractivity contribution in [2.24, 2.45) is 10.4 Å². The van der Waals surface area contributed by atoms with E-state index in [-0.39, 0.29) is 5.91 Å². The number of carbonyl (C=O) groups is 1. The molecule has 3 rings (SSSR count). The Labute approximate surface area is 163 Å². The highest BCUT2D eigenvalue weighted by Gasteiger charge is 2.42. The van der Waals surface area contributed by atoms with Crippen LogP contribution in [0.5, 0.6) is 0 Å². The number of aliphatic imine (C=N–C) groups is 1. The third-order valence-corrected chi connectivity index (χ3v) is 5.73. The first-order valence-corrected chi connectivity index (χ1v) is 9.90. The summed E-state index contributed by atoms with van der Waals surface area (Å²) in [6.45, 7) is 6.25. The predicted octanol–water partition coefficient (Wildman–Crippen LogP) is 2.77. The van der Waals surface area contributed by atoms with Crippen LogP contribution in [0.4, 0.5) is 5.69 Å². The van der Waals surface area contributed by atoms with Gasteiger partial charge in [0.05, 0.1) is 6.61 Å². The van der Waals surface area contributed by atoms with Gasteiger partial charge in [0.2, 0.25) is 5.91 Å². The minimum Gasteiger partial charge on any atom is -0.381 e. The number of benzene rings is 1. The van der Waals surface area contributed by atoms with Crippen LogP contribution < -0.4 is 10.6 Å². The zero-order valence-corrected chi connectivity index (χ0v) is 17.1. The molecule has 0 aliphatic carbocycles. The average Bonchev–Trinajstić information content (AvgIpc) is 3.24. The van der Waals surface area contributed by atoms with Gasteiger partial charge >= 0.3 is 0 Å². The van der Waals surface area contributed by atoms with E-state index in [1.165, 1.54) is 0 Å². The largest absolute Gasteiger partial charge is 0.381 e. The maximum Gasteiger partial charge on any atom is 0.226 e. The molecule has 1 aromatic carbocycles. The number of halogens is 1. The SMILES string of the molecule is CN=C(NCCC(=O)Nc1ccc(Br)cc1C)N1CCC2(CCOC2)C1. The van der Waals surface area contributed by atoms with Gasteiger partial charge in [-0.1, -0.05) is 15.9 Å². The first-order chi connectivity index (χ1) is 12.5. The minimum absolute atomic E-state index is 0.000427. The molecule has 142 valence electrons. The van der Waals surface area contributed by atoms with Crippen LogP contribution >= 0.6 is 15.9 Å². The van der Waals surface area contributed by atoms with Crippen molar-refractivity contribution in [2.45, 2.75) is 26.2 Å². The number of guanidine groups is 1. The standard InChI is InChI=1S/C19H27BrN4O2/c1-14-11-15(20)3-4-16(14)23-17(25)5-8-22-18(21-2)24-9-6-19(12-24)7-10-26-13-19/h3-4,11H,5-10,12-13H2,1-2H3,(H,21,22)(H,23,25). The quantitative estimate of drug-likeness (QED) is 0.578. The van der Waals surface area contributed by atoms with Crippen molar-refractivity contribution in [1.82, 2.24) is 10.2 Å². The molecule has 1 aromatic rings. The fraction of sp³-hybridized carbons (Fsp3) is 0.579. The Morgan fingerprint density at radius 3 is 2.96 bits per heavy atom. The number of nitrogens with zero attached hydrogens (tertiary/aromatic N) is 2. The predicted molar refractivity (Wildman–Crippen MR) is 108 cm³/mol. The van der Waals surface area contributed by atoms with Crippen molar-refractivity contribution < 1.29 is 9.53 Å². The summed E-state index contributed by atoms with van der Waals surface area (Å²) < 4.78 is 6.60. The molecule has 2 heterocycles. The summed E-state index contributed by atoms with van der Waals surface area (Å²) in [7, 11) is 1.80. The summed E-state index contributed by atoms with van der Waals surface area (Å²) in [4.78, 5) is 18.9. The second-order valence-electron chi connectivity index (χ2n) is 7.21. The number of hydrogen-bond acceptors (Lipinski definition) is 3. The number of aryl methyl sites for hydroxylation is 1. The van der Waals surface area contributed by atoms with Gasteiger partial charge in [-0.05, 0) is 43.5 Å². The van der Waals surface area contributed by atoms with E-state index in [4.69, 9.17) is 4.74 Å². The highest BCUT2D eigenvalue weighted by Crippen LogP contribution is 2.38. The number of carbonyl (C=O) groups excluding carboxylic acids is 1. The van der Waals surface area contributed by atoms with Crippen LogP contribution in [0.3, 0.4) is 0 Å². The van der Waals surface area contributed by atoms with Crippen LogP contribution in [0.2, 0.25) is 0 Å². The summed E-state index contributed by atoms with van der Waals surface area (Å²) in [6, 6.07) is 5.83. The van der Waals surface area contributed by atoms with E-state index >= 15 is 0 Å². The van der Waals surface area contributed by atoms with Gasteiger partial charge in [-0.3, -0.25) is 9.79 Å². The lowest BCUT2D eigenvalue weighted by Gasteiger charge is -2.24. The van der Waals surface area contributed by atoms with E-state index < -0.39 is 0 Å². The highest BCUT2D eigenvalue weighted by atomic mass is 79.9. The zero-order chi connectivity index (χ0) is 18.6. The Hall–Kier alpha value is -1.60. The van der Waals surface area contributed by atoms with Gasteiger partial charge < -0.3 is 20.3 Å². The smallest absolute Gasteiger partial charge is 0.226 e. The molecule has 6 nitrogen and oxygen atoms in total. The van der Waals surface area contributed by atoms with Gasteiger partial charge in [-0.2, -0.15) is 0 Å². The molecule has 0 bridgehead atoms. The van der Waals surface area contributed by atoms with Crippen molar-refractivity contribution in [3.63, 3.8) is 0 Å². The number of anilines is 1. The third-order valence-electron chi connectivity index (χ3n) is 5.23. The monoisotopic (exact) mass is 422 g/mol. The molecule has 26 heavy (non-hydrogen) atoms. The topological polar surface area (TPSA) is 66.0 Å². The van der Waals surface area contributed by atoms with Crippen molar-refractivity contribution in [3.05, 3.63) is 28.2 Å². The van der Waals surface area contributed by atoms with E-state index in [0.29, 0.717) is 18.4 Å². The summed E-state index contributed by atoms with van der Waals surface area (Å²) in [5.74, 6) is 0.877. The fourth-order valence-corrected chi connectivity index (χ4v) is 4.16. The second kappa shape index (κ2) is 8.39. The summed E-state index contributed by atoms with van der Waals surface area (Å²) in [6.07, 6.45) is 2.68. The Morgan fingerprint density at radius 1 is 1.42 bits per heavy atom. The van der Waals surface area contributed by atoms with Crippen molar-refractivity contribution in [3.8, 4) is 0 Å². The van der Waals surface area contributed by atoms with Gasteiger partial charge in [0, 0.05) is 55.3 Å². The maximum absolute atomic E-state index is 12.2. The van der Waals surface area contributed by atoms with Gasteiger partial charge in [0.15, 0.2) is 5.96 Å². The Bertz CT molecular complexity index is 686. The van der Waals surface area contributed by atoms with Gasteiger partial charge in [0.1, 0.15) is 0 Å². The van der Waals surface area contributed by atoms with Crippen molar-refractivity contribution in [1.29, 1.82) is 0 Å². The van der Waals surface area contributed by atoms with E-state index in [9.17, 15) is 4.79 Å². The van der Waals surface area contributed by atoms with Crippen molar-refractivity contribution >= 4 is 33.5 Å². The van der Waals surface area contributed by atoms with Gasteiger partial charge in [-0.15, -0.1) is 0 Å². The van der Waals surface area contributed by atoms with Gasteiger partial charge in [0.25, 0.3) is 0 Å². The number of ether oxygens (including phenoxy) is 1. The van der Waals surface area contributed by atoms with Crippen LogP contribution in [0, 0.1) is 12.3 Å². The minimum atomic E-state index is 0.000427. The molecule has 1 amide bonds. The molecule has 1 unspecified atom stereocenters. The second-order valence-corrected chi connectivity index (χ2v) is 8.12. The molecule has 2 fully saturated rings. The zero-order valence-electron chi connectivity index (χ0n) is 15.5. The fourth-order valence-electron chi connectivity index (χ4n) is 3.69. The molecule has 2 aliphatic rings. The molecule has 2 saturated heterocycles. The Balaban J connectivity index is 1.45. The van der Waals surface area contributed by atoms with Crippen LogP contribution in [0.25, 0.3) is 0 Å². The van der Waals surface area contributed by atoms with Gasteiger partial charge in [-0.25, -0.2) is 0 Å². The molecule has 0 aromatic heterocycles. The number of nitrogens with one attached hydrogen (secondary N) is 2. The van der Waals surface area contributed by atoms with Crippen LogP contribution in [-0.4, -0.2) is 56.7 Å². The maximum atomic E-state index is 12.2. The molecule has 2 aliphatic heterocycles. The number of likely N-dealkylation sites (tertiary alicyclic amines) is 1. The van der Waals surface area contributed by atoms with E-state index in [1.807, 2.05) is 25.1 Å². The summed E-state index contributed by atoms with van der Waals surface area (Å²) in [5.41, 5.74) is 2.19. The number of hydrogen-bond donors (Lipinski definition) is 2. The molecular weight excluding hydrogens is 396 g/mol. The Morgan fingerprint density at radius 2 is 2.27 bits per heavy atom. The normalized spacial score (nSPS) is 22.9. The van der Waals surface area contributed by atoms with Crippen molar-refractivity contribution in [2.75, 3.05) is 45.2 Å². The first kappa shape index (κ1) is 19.2. The lowest BCUT2D eigenvalue weighted by Crippen LogP contribution is -2.42. The van der Waals surface area contributed by atoms with Crippen LogP contribution in [0.1, 0.15) is 24.8 Å². The number of rotatable bonds is 4. The molecule has 0 saturated carbocycles. The summed E-state index contributed by atoms with van der Waals surface area (Å²) >= 11 is 3.43. The van der Waals surface area contributed by atoms with E-state index in [0.717, 1.165) is 60.8 Å². The van der Waals surface area contributed by atoms with Crippen LogP contribution in [0.15, 0.2) is 27.7 Å². The van der Waals surface area contributed by atoms with Crippen LogP contribution in [-0.2, 0) is 9.53 Å². The lowest BCUT2D eigenvalue weighted by atomic mass is 9.87. The lowest BCUT2D eigenvalue weighted by molar-refractivity contribution is -0.116. The van der Waals surface area contributed by atoms with E-state index in [1.54, 1.807) is 7.05 Å². The molecule has 1 spiro atoms. The average molecular weight is 423 g/mol. The number of amides is 1. The Kier molecular flexibility index (Phi) is 6.19. The first-order valence-electron chi connectivity index (χ1n) is 9.11. The molecule has 0 radical (unpaired) electrons. The summed E-state index contributed by atoms with van der Waals surface area (Å²) in [5, 5.41) is 6.29. The molecule has 1 atom stereocenters. The molecular formula is C19H27BrN4O2. The van der Waals surface area contributed by atoms with E-state index in [2.05, 4.69) is 36.5 Å². The molecule has 7 heteroatoms. The molecule has 2 N–H and O–H groups in total. The highest BCUT2D eigenvalue weighted by molar-refractivity contribution is 9.10.